The molecule has 0 radical (unpaired) electrons. The molecule has 0 bridgehead atoms. The largest absolute Gasteiger partial charge is 1.00 e. The van der Waals surface area contributed by atoms with Gasteiger partial charge in [-0.15, -0.1) is 0 Å². The molecule has 0 spiro atoms. The van der Waals surface area contributed by atoms with Crippen molar-refractivity contribution in [1.29, 1.82) is 0 Å². The minimum atomic E-state index is -1.80. The standard InChI is InChI=1S/C25H48O4.Li.Na/c1-3-5-7-9-11-13-15-17-19-21-25(23(26)27,24(28)29)22-20-18-16-14-12-10-8-6-4-2;;/h3-22H2,1-2H3,(H,26,27)(H,28,29);;/q;2*+1/p-2. The topological polar surface area (TPSA) is 80.3 Å². The second kappa shape index (κ2) is 25.2. The number of hydrogen-bond donors (Lipinski definition) is 0. The average molecular weight is 441 g/mol. The maximum Gasteiger partial charge on any atom is 1.00 e. The SMILES string of the molecule is CCCCCCCCCCCC(CCCCCCCCCCC)(C(=O)[O-])C(=O)[O-].[Li+].[Na+]. The molecule has 0 aliphatic heterocycles. The Labute approximate surface area is 226 Å². The van der Waals surface area contributed by atoms with Crippen LogP contribution < -0.4 is 58.6 Å². The zero-order valence-electron chi connectivity index (χ0n) is 21.3. The summed E-state index contributed by atoms with van der Waals surface area (Å²) >= 11 is 0. The molecule has 0 fully saturated rings. The number of carboxylic acid groups (broad SMARTS) is 2. The molecule has 0 saturated carbocycles. The smallest absolute Gasteiger partial charge is 0.549 e. The van der Waals surface area contributed by atoms with Crippen molar-refractivity contribution in [2.75, 3.05) is 0 Å². The van der Waals surface area contributed by atoms with Crippen LogP contribution in [0.4, 0.5) is 0 Å². The maximum atomic E-state index is 11.7. The monoisotopic (exact) mass is 440 g/mol. The number of carbonyl (C=O) groups excluding carboxylic acids is 2. The van der Waals surface area contributed by atoms with Gasteiger partial charge in [-0.2, -0.15) is 0 Å². The molecule has 0 aromatic rings. The van der Waals surface area contributed by atoms with E-state index in [2.05, 4.69) is 13.8 Å². The molecule has 0 aromatic heterocycles. The van der Waals surface area contributed by atoms with Gasteiger partial charge >= 0.3 is 48.4 Å². The molecule has 0 saturated heterocycles. The Balaban J connectivity index is -0.00000392. The molecular formula is C25H46LiNaO4. The van der Waals surface area contributed by atoms with Crippen LogP contribution in [0.25, 0.3) is 0 Å². The number of aliphatic carboxylic acids is 2. The first-order valence-electron chi connectivity index (χ1n) is 12.4. The first-order valence-corrected chi connectivity index (χ1v) is 12.4. The Bertz CT molecular complexity index is 380. The number of unbranched alkanes of at least 4 members (excludes halogenated alkanes) is 16. The molecule has 0 rings (SSSR count). The zero-order valence-corrected chi connectivity index (χ0v) is 23.3. The van der Waals surface area contributed by atoms with Crippen molar-refractivity contribution in [2.45, 2.75) is 142 Å². The number of rotatable bonds is 22. The number of carboxylic acids is 2. The van der Waals surface area contributed by atoms with E-state index in [0.717, 1.165) is 38.5 Å². The summed E-state index contributed by atoms with van der Waals surface area (Å²) in [5.41, 5.74) is -1.80. The summed E-state index contributed by atoms with van der Waals surface area (Å²) in [5.74, 6) is -2.92. The van der Waals surface area contributed by atoms with Crippen LogP contribution in [0, 0.1) is 5.41 Å². The van der Waals surface area contributed by atoms with Crippen molar-refractivity contribution >= 4 is 11.9 Å². The Morgan fingerprint density at radius 3 is 0.968 bits per heavy atom. The fourth-order valence-corrected chi connectivity index (χ4v) is 4.09. The van der Waals surface area contributed by atoms with Crippen LogP contribution in [0.1, 0.15) is 142 Å². The van der Waals surface area contributed by atoms with Crippen LogP contribution in [0.3, 0.4) is 0 Å². The van der Waals surface area contributed by atoms with Gasteiger partial charge in [0, 0.05) is 5.41 Å². The second-order valence-corrected chi connectivity index (χ2v) is 8.81. The van der Waals surface area contributed by atoms with Crippen LogP contribution in [0.2, 0.25) is 0 Å². The summed E-state index contributed by atoms with van der Waals surface area (Å²) in [5, 5.41) is 23.3. The molecule has 4 nitrogen and oxygen atoms in total. The summed E-state index contributed by atoms with van der Waals surface area (Å²) < 4.78 is 0. The third kappa shape index (κ3) is 18.6. The van der Waals surface area contributed by atoms with E-state index >= 15 is 0 Å². The quantitative estimate of drug-likeness (QED) is 0.127. The molecule has 0 amide bonds. The van der Waals surface area contributed by atoms with E-state index in [0.29, 0.717) is 12.8 Å². The first-order chi connectivity index (χ1) is 14.0. The van der Waals surface area contributed by atoms with Crippen molar-refractivity contribution in [3.63, 3.8) is 0 Å². The fourth-order valence-electron chi connectivity index (χ4n) is 4.09. The fraction of sp³-hybridized carbons (Fsp3) is 0.920. The van der Waals surface area contributed by atoms with Gasteiger partial charge < -0.3 is 19.8 Å². The molecule has 0 aliphatic carbocycles. The molecule has 172 valence electrons. The Hall–Kier alpha value is 0.537. The Morgan fingerprint density at radius 1 is 0.516 bits per heavy atom. The van der Waals surface area contributed by atoms with E-state index in [-0.39, 0.29) is 61.3 Å². The van der Waals surface area contributed by atoms with Gasteiger partial charge in [-0.25, -0.2) is 0 Å². The van der Waals surface area contributed by atoms with E-state index in [9.17, 15) is 19.8 Å². The van der Waals surface area contributed by atoms with Crippen molar-refractivity contribution < 1.29 is 68.2 Å². The predicted octanol–water partition coefficient (Wildman–Crippen LogP) is -0.678. The van der Waals surface area contributed by atoms with Crippen molar-refractivity contribution in [3.8, 4) is 0 Å². The van der Waals surface area contributed by atoms with Crippen LogP contribution in [0.15, 0.2) is 0 Å². The van der Waals surface area contributed by atoms with Crippen LogP contribution >= 0.6 is 0 Å². The molecule has 0 unspecified atom stereocenters. The molecule has 0 atom stereocenters. The van der Waals surface area contributed by atoms with Crippen molar-refractivity contribution in [1.82, 2.24) is 0 Å². The Morgan fingerprint density at radius 2 is 0.742 bits per heavy atom. The van der Waals surface area contributed by atoms with Gasteiger partial charge in [0.2, 0.25) is 0 Å². The molecule has 0 aromatic carbocycles. The first kappa shape index (κ1) is 36.1. The van der Waals surface area contributed by atoms with E-state index < -0.39 is 17.4 Å². The molecule has 0 N–H and O–H groups in total. The Kier molecular flexibility index (Phi) is 29.3. The van der Waals surface area contributed by atoms with E-state index in [1.807, 2.05) is 0 Å². The van der Waals surface area contributed by atoms with Gasteiger partial charge in [-0.3, -0.25) is 0 Å². The van der Waals surface area contributed by atoms with Crippen molar-refractivity contribution in [3.05, 3.63) is 0 Å². The second-order valence-electron chi connectivity index (χ2n) is 8.81. The molecule has 0 heterocycles. The van der Waals surface area contributed by atoms with Crippen LogP contribution in [-0.4, -0.2) is 11.9 Å². The van der Waals surface area contributed by atoms with E-state index in [1.165, 1.54) is 64.2 Å². The van der Waals surface area contributed by atoms with Gasteiger partial charge in [0.25, 0.3) is 0 Å². The maximum absolute atomic E-state index is 11.7. The summed E-state index contributed by atoms with van der Waals surface area (Å²) in [6.45, 7) is 4.41. The third-order valence-electron chi connectivity index (χ3n) is 6.20. The number of hydrogen-bond acceptors (Lipinski definition) is 4. The van der Waals surface area contributed by atoms with Gasteiger partial charge in [0.1, 0.15) is 0 Å². The van der Waals surface area contributed by atoms with Gasteiger partial charge in [-0.1, -0.05) is 129 Å². The van der Waals surface area contributed by atoms with Gasteiger partial charge in [0.15, 0.2) is 0 Å². The molecular weight excluding hydrogens is 394 g/mol. The molecule has 0 aliphatic rings. The minimum Gasteiger partial charge on any atom is -0.549 e. The molecule has 6 heteroatoms. The zero-order chi connectivity index (χ0) is 21.8. The summed E-state index contributed by atoms with van der Waals surface area (Å²) in [7, 11) is 0. The number of carbonyl (C=O) groups is 2. The summed E-state index contributed by atoms with van der Waals surface area (Å²) in [6.07, 6.45) is 20.2. The van der Waals surface area contributed by atoms with Crippen LogP contribution in [0.5, 0.6) is 0 Å². The molecule has 31 heavy (non-hydrogen) atoms. The minimum absolute atomic E-state index is 0. The van der Waals surface area contributed by atoms with Gasteiger partial charge in [0.05, 0.1) is 11.9 Å². The van der Waals surface area contributed by atoms with E-state index in [1.54, 1.807) is 0 Å². The van der Waals surface area contributed by atoms with Crippen molar-refractivity contribution in [2.24, 2.45) is 5.41 Å². The summed E-state index contributed by atoms with van der Waals surface area (Å²) in [6, 6.07) is 0. The van der Waals surface area contributed by atoms with E-state index in [4.69, 9.17) is 0 Å². The third-order valence-corrected chi connectivity index (χ3v) is 6.20. The van der Waals surface area contributed by atoms with Crippen LogP contribution in [-0.2, 0) is 9.59 Å². The average Bonchev–Trinajstić information content (AvgIpc) is 2.69. The van der Waals surface area contributed by atoms with Gasteiger partial charge in [-0.05, 0) is 12.8 Å². The normalized spacial score (nSPS) is 10.9. The summed E-state index contributed by atoms with van der Waals surface area (Å²) in [4.78, 5) is 23.3. The predicted molar refractivity (Wildman–Crippen MR) is 116 cm³/mol.